The Kier molecular flexibility index (Phi) is 3.44. The number of aromatic nitrogens is 4. The van der Waals surface area contributed by atoms with Crippen molar-refractivity contribution in [2.24, 2.45) is 0 Å². The maximum absolute atomic E-state index is 12.4. The Bertz CT molecular complexity index is 681. The number of amides is 1. The number of carbonyl (C=O) groups excluding carboxylic acids is 1. The summed E-state index contributed by atoms with van der Waals surface area (Å²) in [5, 5.41) is 11.7. The van der Waals surface area contributed by atoms with Crippen molar-refractivity contribution < 1.29 is 4.79 Å². The molecule has 4 rings (SSSR count). The van der Waals surface area contributed by atoms with Crippen LogP contribution in [0.3, 0.4) is 0 Å². The molecule has 1 fully saturated rings. The van der Waals surface area contributed by atoms with Crippen molar-refractivity contribution in [2.45, 2.75) is 57.5 Å². The van der Waals surface area contributed by atoms with Crippen LogP contribution in [0.15, 0.2) is 18.5 Å². The molecule has 0 spiro atoms. The number of fused-ring (bicyclic) bond motifs is 1. The maximum Gasteiger partial charge on any atom is 0.260 e. The first-order valence-electron chi connectivity index (χ1n) is 8.22. The molecule has 1 aliphatic carbocycles. The molecule has 0 aromatic carbocycles. The molecule has 2 aromatic heterocycles. The van der Waals surface area contributed by atoms with Crippen molar-refractivity contribution in [1.82, 2.24) is 19.6 Å². The highest BCUT2D eigenvalue weighted by Gasteiger charge is 2.22. The molecule has 1 aliphatic heterocycles. The van der Waals surface area contributed by atoms with Crippen molar-refractivity contribution in [3.05, 3.63) is 29.7 Å². The van der Waals surface area contributed by atoms with Gasteiger partial charge in [-0.25, -0.2) is 0 Å². The Morgan fingerprint density at radius 3 is 2.95 bits per heavy atom. The predicted molar refractivity (Wildman–Crippen MR) is 82.9 cm³/mol. The third kappa shape index (κ3) is 2.42. The molecule has 0 radical (unpaired) electrons. The Morgan fingerprint density at radius 2 is 2.09 bits per heavy atom. The van der Waals surface area contributed by atoms with Gasteiger partial charge in [0.2, 0.25) is 0 Å². The van der Waals surface area contributed by atoms with E-state index in [1.165, 1.54) is 32.1 Å². The first kappa shape index (κ1) is 13.5. The fraction of sp³-hybridized carbons (Fsp3) is 0.562. The first-order valence-corrected chi connectivity index (χ1v) is 8.22. The number of hydrogen-bond donors (Lipinski definition) is 1. The molecule has 3 heterocycles. The number of aryl methyl sites for hydroxylation is 1. The third-order valence-corrected chi connectivity index (χ3v) is 4.78. The SMILES string of the molecule is O=C(Nc1ccn(C2CCCCC2)n1)c1cnn2c1CCC2. The second kappa shape index (κ2) is 5.59. The second-order valence-electron chi connectivity index (χ2n) is 6.26. The number of nitrogens with zero attached hydrogens (tertiary/aromatic N) is 4. The lowest BCUT2D eigenvalue weighted by atomic mass is 9.96. The summed E-state index contributed by atoms with van der Waals surface area (Å²) in [4.78, 5) is 12.4. The summed E-state index contributed by atoms with van der Waals surface area (Å²) in [5.41, 5.74) is 1.73. The highest BCUT2D eigenvalue weighted by Crippen LogP contribution is 2.28. The summed E-state index contributed by atoms with van der Waals surface area (Å²) in [5.74, 6) is 0.533. The molecule has 0 saturated heterocycles. The van der Waals surface area contributed by atoms with E-state index in [1.54, 1.807) is 6.20 Å². The van der Waals surface area contributed by atoms with Crippen LogP contribution in [0, 0.1) is 0 Å². The van der Waals surface area contributed by atoms with Crippen LogP contribution >= 0.6 is 0 Å². The number of nitrogens with one attached hydrogen (secondary N) is 1. The van der Waals surface area contributed by atoms with Crippen LogP contribution in [-0.4, -0.2) is 25.5 Å². The molecule has 2 aromatic rings. The predicted octanol–water partition coefficient (Wildman–Crippen LogP) is 2.78. The van der Waals surface area contributed by atoms with Crippen LogP contribution in [0.2, 0.25) is 0 Å². The van der Waals surface area contributed by atoms with Crippen molar-refractivity contribution in [3.63, 3.8) is 0 Å². The van der Waals surface area contributed by atoms with Gasteiger partial charge in [0.15, 0.2) is 5.82 Å². The smallest absolute Gasteiger partial charge is 0.260 e. The van der Waals surface area contributed by atoms with Gasteiger partial charge in [0, 0.05) is 18.8 Å². The molecule has 0 bridgehead atoms. The van der Waals surface area contributed by atoms with Gasteiger partial charge >= 0.3 is 0 Å². The monoisotopic (exact) mass is 299 g/mol. The summed E-state index contributed by atoms with van der Waals surface area (Å²) in [6.45, 7) is 0.916. The van der Waals surface area contributed by atoms with Crippen molar-refractivity contribution in [3.8, 4) is 0 Å². The molecule has 1 amide bonds. The number of rotatable bonds is 3. The number of carbonyl (C=O) groups is 1. The average Bonchev–Trinajstić information content (AvgIpc) is 3.24. The van der Waals surface area contributed by atoms with Crippen LogP contribution in [-0.2, 0) is 13.0 Å². The average molecular weight is 299 g/mol. The van der Waals surface area contributed by atoms with Crippen LogP contribution in [0.1, 0.15) is 60.6 Å². The summed E-state index contributed by atoms with van der Waals surface area (Å²) in [7, 11) is 0. The maximum atomic E-state index is 12.4. The van der Waals surface area contributed by atoms with Crippen LogP contribution in [0.4, 0.5) is 5.82 Å². The van der Waals surface area contributed by atoms with E-state index in [0.717, 1.165) is 25.1 Å². The van der Waals surface area contributed by atoms with E-state index >= 15 is 0 Å². The van der Waals surface area contributed by atoms with Crippen molar-refractivity contribution in [2.75, 3.05) is 5.32 Å². The van der Waals surface area contributed by atoms with Gasteiger partial charge in [0.25, 0.3) is 5.91 Å². The fourth-order valence-electron chi connectivity index (χ4n) is 3.59. The van der Waals surface area contributed by atoms with E-state index in [0.29, 0.717) is 17.4 Å². The Labute approximate surface area is 129 Å². The van der Waals surface area contributed by atoms with Crippen LogP contribution < -0.4 is 5.32 Å². The summed E-state index contributed by atoms with van der Waals surface area (Å²) in [6, 6.07) is 2.37. The molecule has 1 N–H and O–H groups in total. The van der Waals surface area contributed by atoms with Gasteiger partial charge in [-0.05, 0) is 25.7 Å². The van der Waals surface area contributed by atoms with E-state index in [9.17, 15) is 4.79 Å². The topological polar surface area (TPSA) is 64.7 Å². The fourth-order valence-corrected chi connectivity index (χ4v) is 3.59. The zero-order chi connectivity index (χ0) is 14.9. The van der Waals surface area contributed by atoms with E-state index in [4.69, 9.17) is 0 Å². The molecule has 0 atom stereocenters. The minimum atomic E-state index is -0.1000. The standard InChI is InChI=1S/C16H21N5O/c22-16(13-11-17-21-9-4-7-14(13)21)18-15-8-10-20(19-15)12-5-2-1-3-6-12/h8,10-12H,1-7,9H2,(H,18,19,22). The summed E-state index contributed by atoms with van der Waals surface area (Å²) < 4.78 is 3.94. The third-order valence-electron chi connectivity index (χ3n) is 4.78. The van der Waals surface area contributed by atoms with E-state index in [2.05, 4.69) is 15.5 Å². The summed E-state index contributed by atoms with van der Waals surface area (Å²) in [6.07, 6.45) is 11.9. The van der Waals surface area contributed by atoms with E-state index in [1.807, 2.05) is 21.6 Å². The van der Waals surface area contributed by atoms with Gasteiger partial charge in [0.05, 0.1) is 23.5 Å². The normalized spacial score (nSPS) is 18.4. The molecule has 6 heteroatoms. The molecule has 1 saturated carbocycles. The zero-order valence-corrected chi connectivity index (χ0v) is 12.7. The molecule has 22 heavy (non-hydrogen) atoms. The van der Waals surface area contributed by atoms with E-state index < -0.39 is 0 Å². The molecular formula is C16H21N5O. The number of hydrogen-bond acceptors (Lipinski definition) is 3. The zero-order valence-electron chi connectivity index (χ0n) is 12.7. The highest BCUT2D eigenvalue weighted by atomic mass is 16.1. The van der Waals surface area contributed by atoms with Crippen molar-refractivity contribution in [1.29, 1.82) is 0 Å². The van der Waals surface area contributed by atoms with E-state index in [-0.39, 0.29) is 5.91 Å². The van der Waals surface area contributed by atoms with Gasteiger partial charge < -0.3 is 5.32 Å². The van der Waals surface area contributed by atoms with Gasteiger partial charge in [-0.15, -0.1) is 0 Å². The Morgan fingerprint density at radius 1 is 1.23 bits per heavy atom. The lowest BCUT2D eigenvalue weighted by Gasteiger charge is -2.21. The number of anilines is 1. The van der Waals surface area contributed by atoms with Gasteiger partial charge in [-0.1, -0.05) is 19.3 Å². The first-order chi connectivity index (χ1) is 10.8. The molecule has 2 aliphatic rings. The summed E-state index contributed by atoms with van der Waals surface area (Å²) >= 11 is 0. The van der Waals surface area contributed by atoms with Gasteiger partial charge in [-0.2, -0.15) is 10.2 Å². The minimum absolute atomic E-state index is 0.1000. The Hall–Kier alpha value is -2.11. The van der Waals surface area contributed by atoms with Crippen LogP contribution in [0.5, 0.6) is 0 Å². The van der Waals surface area contributed by atoms with Crippen LogP contribution in [0.25, 0.3) is 0 Å². The molecular weight excluding hydrogens is 278 g/mol. The van der Waals surface area contributed by atoms with Gasteiger partial charge in [0.1, 0.15) is 0 Å². The largest absolute Gasteiger partial charge is 0.305 e. The highest BCUT2D eigenvalue weighted by molar-refractivity contribution is 6.04. The van der Waals surface area contributed by atoms with Gasteiger partial charge in [-0.3, -0.25) is 14.2 Å². The minimum Gasteiger partial charge on any atom is -0.305 e. The quantitative estimate of drug-likeness (QED) is 0.947. The lowest BCUT2D eigenvalue weighted by molar-refractivity contribution is 0.102. The molecule has 0 unspecified atom stereocenters. The van der Waals surface area contributed by atoms with Crippen molar-refractivity contribution >= 4 is 11.7 Å². The molecule has 6 nitrogen and oxygen atoms in total. The molecule has 116 valence electrons. The Balaban J connectivity index is 1.46. The lowest BCUT2D eigenvalue weighted by Crippen LogP contribution is -2.16. The second-order valence-corrected chi connectivity index (χ2v) is 6.26.